The van der Waals surface area contributed by atoms with Crippen LogP contribution >= 0.6 is 0 Å². The lowest BCUT2D eigenvalue weighted by atomic mass is 10.0. The van der Waals surface area contributed by atoms with E-state index in [2.05, 4.69) is 9.55 Å². The number of imidazole rings is 1. The van der Waals surface area contributed by atoms with E-state index in [1.165, 1.54) is 12.1 Å². The fourth-order valence-corrected chi connectivity index (χ4v) is 4.30. The average Bonchev–Trinajstić information content (AvgIpc) is 3.40. The molecule has 1 aliphatic heterocycles. The lowest BCUT2D eigenvalue weighted by molar-refractivity contribution is 0.0924. The summed E-state index contributed by atoms with van der Waals surface area (Å²) in [5, 5.41) is 0. The third-order valence-corrected chi connectivity index (χ3v) is 5.83. The first-order valence-electron chi connectivity index (χ1n) is 10.7. The second-order valence-electron chi connectivity index (χ2n) is 7.90. The number of pyridine rings is 1. The molecule has 1 aliphatic rings. The Labute approximate surface area is 186 Å². The average molecular weight is 429 g/mol. The Kier molecular flexibility index (Phi) is 5.69. The predicted octanol–water partition coefficient (Wildman–Crippen LogP) is 5.46. The topological polar surface area (TPSA) is 49.2 Å². The standard InChI is InChI=1S/C26H24FN3O2/c1-31-23-4-2-3-18(15-23)16-32-17-22-9-10-24-29-25(19-5-7-21(27)8-6-19)26(30(22)24)20-11-13-28-14-12-20/h2-8,11-15,22H,9-10,16-17H2,1H3. The van der Waals surface area contributed by atoms with Crippen molar-refractivity contribution in [2.24, 2.45) is 0 Å². The number of methoxy groups -OCH3 is 1. The van der Waals surface area contributed by atoms with Crippen LogP contribution < -0.4 is 4.74 Å². The van der Waals surface area contributed by atoms with Gasteiger partial charge in [0.2, 0.25) is 0 Å². The van der Waals surface area contributed by atoms with Gasteiger partial charge in [0.15, 0.2) is 0 Å². The summed E-state index contributed by atoms with van der Waals surface area (Å²) in [6, 6.07) is 18.6. The highest BCUT2D eigenvalue weighted by atomic mass is 19.1. The summed E-state index contributed by atoms with van der Waals surface area (Å²) in [5.74, 6) is 1.61. The van der Waals surface area contributed by atoms with Gasteiger partial charge in [-0.1, -0.05) is 12.1 Å². The first-order chi connectivity index (χ1) is 15.7. The van der Waals surface area contributed by atoms with E-state index in [1.807, 2.05) is 36.4 Å². The van der Waals surface area contributed by atoms with Gasteiger partial charge in [0, 0.05) is 29.9 Å². The van der Waals surface area contributed by atoms with Gasteiger partial charge in [0.1, 0.15) is 17.4 Å². The van der Waals surface area contributed by atoms with E-state index >= 15 is 0 Å². The Morgan fingerprint density at radius 2 is 1.84 bits per heavy atom. The molecule has 0 saturated heterocycles. The monoisotopic (exact) mass is 429 g/mol. The minimum Gasteiger partial charge on any atom is -0.497 e. The molecule has 0 fully saturated rings. The number of halogens is 1. The van der Waals surface area contributed by atoms with Crippen LogP contribution in [0.25, 0.3) is 22.5 Å². The summed E-state index contributed by atoms with van der Waals surface area (Å²) in [4.78, 5) is 9.12. The first-order valence-corrected chi connectivity index (χ1v) is 10.7. The van der Waals surface area contributed by atoms with E-state index in [-0.39, 0.29) is 11.9 Å². The maximum absolute atomic E-state index is 13.5. The van der Waals surface area contributed by atoms with Crippen molar-refractivity contribution >= 4 is 0 Å². The van der Waals surface area contributed by atoms with Crippen LogP contribution in [0.5, 0.6) is 5.75 Å². The van der Waals surface area contributed by atoms with Gasteiger partial charge in [-0.15, -0.1) is 0 Å². The maximum atomic E-state index is 13.5. The quantitative estimate of drug-likeness (QED) is 0.391. The summed E-state index contributed by atoms with van der Waals surface area (Å²) < 4.78 is 27.2. The number of aromatic nitrogens is 3. The van der Waals surface area contributed by atoms with Crippen molar-refractivity contribution in [3.05, 3.63) is 90.3 Å². The van der Waals surface area contributed by atoms with E-state index in [1.54, 1.807) is 31.6 Å². The van der Waals surface area contributed by atoms with E-state index in [0.717, 1.165) is 52.5 Å². The first kappa shape index (κ1) is 20.4. The summed E-state index contributed by atoms with van der Waals surface area (Å²) in [7, 11) is 1.67. The minimum atomic E-state index is -0.255. The molecule has 0 N–H and O–H groups in total. The second kappa shape index (κ2) is 8.93. The molecule has 3 heterocycles. The molecule has 0 aliphatic carbocycles. The zero-order chi connectivity index (χ0) is 21.9. The highest BCUT2D eigenvalue weighted by Gasteiger charge is 2.30. The molecule has 5 nitrogen and oxygen atoms in total. The van der Waals surface area contributed by atoms with Crippen molar-refractivity contribution in [1.29, 1.82) is 0 Å². The molecule has 0 radical (unpaired) electrons. The molecule has 4 aromatic rings. The lowest BCUT2D eigenvalue weighted by Crippen LogP contribution is -2.13. The zero-order valence-corrected chi connectivity index (χ0v) is 17.9. The van der Waals surface area contributed by atoms with Crippen LogP contribution in [0.3, 0.4) is 0 Å². The molecule has 0 spiro atoms. The highest BCUT2D eigenvalue weighted by molar-refractivity contribution is 5.79. The minimum absolute atomic E-state index is 0.181. The number of rotatable bonds is 7. The van der Waals surface area contributed by atoms with E-state index in [9.17, 15) is 4.39 Å². The van der Waals surface area contributed by atoms with E-state index in [0.29, 0.717) is 13.2 Å². The number of fused-ring (bicyclic) bond motifs is 1. The molecule has 0 bridgehead atoms. The van der Waals surface area contributed by atoms with Crippen molar-refractivity contribution in [2.75, 3.05) is 13.7 Å². The number of benzene rings is 2. The van der Waals surface area contributed by atoms with Gasteiger partial charge in [0.25, 0.3) is 0 Å². The number of nitrogens with zero attached hydrogens (tertiary/aromatic N) is 3. The van der Waals surface area contributed by atoms with Crippen LogP contribution in [0.1, 0.15) is 23.9 Å². The molecule has 5 rings (SSSR count). The summed E-state index contributed by atoms with van der Waals surface area (Å²) in [5.41, 5.74) is 4.91. The van der Waals surface area contributed by atoms with Crippen LogP contribution in [0, 0.1) is 5.82 Å². The molecular formula is C26H24FN3O2. The third-order valence-electron chi connectivity index (χ3n) is 5.83. The van der Waals surface area contributed by atoms with Crippen molar-refractivity contribution in [1.82, 2.24) is 14.5 Å². The molecule has 32 heavy (non-hydrogen) atoms. The fourth-order valence-electron chi connectivity index (χ4n) is 4.30. The predicted molar refractivity (Wildman–Crippen MR) is 121 cm³/mol. The Morgan fingerprint density at radius 1 is 1.03 bits per heavy atom. The molecule has 162 valence electrons. The van der Waals surface area contributed by atoms with Crippen molar-refractivity contribution in [3.8, 4) is 28.3 Å². The van der Waals surface area contributed by atoms with E-state index in [4.69, 9.17) is 14.5 Å². The van der Waals surface area contributed by atoms with Gasteiger partial charge < -0.3 is 14.0 Å². The van der Waals surface area contributed by atoms with Gasteiger partial charge in [-0.25, -0.2) is 9.37 Å². The smallest absolute Gasteiger partial charge is 0.123 e. The molecule has 1 atom stereocenters. The van der Waals surface area contributed by atoms with Gasteiger partial charge in [-0.3, -0.25) is 4.98 Å². The van der Waals surface area contributed by atoms with Crippen molar-refractivity contribution < 1.29 is 13.9 Å². The largest absolute Gasteiger partial charge is 0.497 e. The Bertz CT molecular complexity index is 1210. The van der Waals surface area contributed by atoms with Gasteiger partial charge in [0.05, 0.1) is 37.8 Å². The molecule has 6 heteroatoms. The molecule has 0 saturated carbocycles. The Hall–Kier alpha value is -3.51. The van der Waals surface area contributed by atoms with Crippen LogP contribution in [0.4, 0.5) is 4.39 Å². The Morgan fingerprint density at radius 3 is 2.62 bits per heavy atom. The van der Waals surface area contributed by atoms with E-state index < -0.39 is 0 Å². The maximum Gasteiger partial charge on any atom is 0.123 e. The number of hydrogen-bond acceptors (Lipinski definition) is 4. The zero-order valence-electron chi connectivity index (χ0n) is 17.9. The van der Waals surface area contributed by atoms with Crippen molar-refractivity contribution in [2.45, 2.75) is 25.5 Å². The molecule has 2 aromatic carbocycles. The Balaban J connectivity index is 1.44. The normalized spacial score (nSPS) is 15.0. The summed E-state index contributed by atoms with van der Waals surface area (Å²) >= 11 is 0. The fraction of sp³-hybridized carbons (Fsp3) is 0.231. The van der Waals surface area contributed by atoms with Crippen LogP contribution in [0.2, 0.25) is 0 Å². The molecule has 2 aromatic heterocycles. The molecule has 0 amide bonds. The highest BCUT2D eigenvalue weighted by Crippen LogP contribution is 2.39. The lowest BCUT2D eigenvalue weighted by Gasteiger charge is -2.18. The van der Waals surface area contributed by atoms with Gasteiger partial charge in [-0.2, -0.15) is 0 Å². The number of ether oxygens (including phenoxy) is 2. The molecular weight excluding hydrogens is 405 g/mol. The van der Waals surface area contributed by atoms with Crippen molar-refractivity contribution in [3.63, 3.8) is 0 Å². The van der Waals surface area contributed by atoms with Gasteiger partial charge in [-0.05, 0) is 60.5 Å². The third kappa shape index (κ3) is 4.01. The van der Waals surface area contributed by atoms with Gasteiger partial charge >= 0.3 is 0 Å². The molecule has 1 unspecified atom stereocenters. The van der Waals surface area contributed by atoms with Crippen LogP contribution in [-0.4, -0.2) is 28.3 Å². The number of aryl methyl sites for hydroxylation is 1. The second-order valence-corrected chi connectivity index (χ2v) is 7.90. The number of hydrogen-bond donors (Lipinski definition) is 0. The SMILES string of the molecule is COc1cccc(COCC2CCc3nc(-c4ccc(F)cc4)c(-c4ccncc4)n32)c1. The summed E-state index contributed by atoms with van der Waals surface area (Å²) in [6.45, 7) is 1.11. The summed E-state index contributed by atoms with van der Waals surface area (Å²) in [6.07, 6.45) is 5.43. The van der Waals surface area contributed by atoms with Crippen LogP contribution in [0.15, 0.2) is 73.1 Å². The van der Waals surface area contributed by atoms with Crippen LogP contribution in [-0.2, 0) is 17.8 Å².